The predicted octanol–water partition coefficient (Wildman–Crippen LogP) is 3.21. The van der Waals surface area contributed by atoms with Gasteiger partial charge in [-0.3, -0.25) is 14.1 Å². The number of nitrogens with one attached hydrogen (secondary N) is 2. The summed E-state index contributed by atoms with van der Waals surface area (Å²) in [6, 6.07) is 0.399. The van der Waals surface area contributed by atoms with Crippen molar-refractivity contribution in [2.45, 2.75) is 75.1 Å². The molecule has 2 aliphatic carbocycles. The van der Waals surface area contributed by atoms with E-state index in [2.05, 4.69) is 32.3 Å². The van der Waals surface area contributed by atoms with Gasteiger partial charge < -0.3 is 10.6 Å². The molecule has 3 fully saturated rings. The molecule has 3 unspecified atom stereocenters. The van der Waals surface area contributed by atoms with E-state index in [-0.39, 0.29) is 24.0 Å². The van der Waals surface area contributed by atoms with E-state index in [1.807, 2.05) is 14.0 Å². The predicted molar refractivity (Wildman–Crippen MR) is 135 cm³/mol. The third-order valence-corrected chi connectivity index (χ3v) is 9.33. The number of nitrogens with zero attached hydrogens (tertiary/aromatic N) is 2. The van der Waals surface area contributed by atoms with Gasteiger partial charge in [0.05, 0.1) is 0 Å². The molecule has 3 atom stereocenters. The second-order valence-corrected chi connectivity index (χ2v) is 11.5. The summed E-state index contributed by atoms with van der Waals surface area (Å²) in [7, 11) is 1.20. The largest absolute Gasteiger partial charge is 0.355 e. The van der Waals surface area contributed by atoms with Crippen LogP contribution < -0.4 is 10.6 Å². The van der Waals surface area contributed by atoms with E-state index in [0.29, 0.717) is 16.8 Å². The van der Waals surface area contributed by atoms with Gasteiger partial charge in [-0.1, -0.05) is 26.2 Å². The molecule has 5 nitrogen and oxygen atoms in total. The molecule has 8 heteroatoms. The number of hydrogen-bond donors (Lipinski definition) is 2. The monoisotopic (exact) mass is 542 g/mol. The van der Waals surface area contributed by atoms with E-state index >= 15 is 0 Å². The van der Waals surface area contributed by atoms with Crippen molar-refractivity contribution in [3.63, 3.8) is 0 Å². The van der Waals surface area contributed by atoms with Crippen LogP contribution in [0.4, 0.5) is 0 Å². The van der Waals surface area contributed by atoms with Crippen LogP contribution >= 0.6 is 35.7 Å². The molecule has 1 saturated heterocycles. The molecule has 0 aromatic rings. The lowest BCUT2D eigenvalue weighted by Crippen LogP contribution is -2.58. The molecule has 2 saturated carbocycles. The Labute approximate surface area is 195 Å². The second-order valence-electron chi connectivity index (χ2n) is 8.26. The first-order valence-corrected chi connectivity index (χ1v) is 13.4. The topological polar surface area (TPSA) is 56.7 Å². The van der Waals surface area contributed by atoms with Crippen molar-refractivity contribution in [3.05, 3.63) is 0 Å². The molecule has 0 amide bonds. The first-order valence-electron chi connectivity index (χ1n) is 10.8. The summed E-state index contributed by atoms with van der Waals surface area (Å²) >= 11 is 2.09. The maximum Gasteiger partial charge on any atom is 0.191 e. The Hall–Kier alpha value is 0.460. The standard InChI is InChI=1S/C20H38N4OS2.HI/c1-3-27(25)18-8-6-7-17(15-18)23-19(21-2)22-16-20(9-4-5-10-20)24-11-13-26-14-12-24;/h17-18H,3-16H2,1-2H3,(H2,21,22,23);1H. The summed E-state index contributed by atoms with van der Waals surface area (Å²) in [6.07, 6.45) is 9.77. The Morgan fingerprint density at radius 3 is 2.57 bits per heavy atom. The van der Waals surface area contributed by atoms with Gasteiger partial charge in [-0.2, -0.15) is 11.8 Å². The minimum atomic E-state index is -0.676. The van der Waals surface area contributed by atoms with Crippen molar-refractivity contribution in [2.75, 3.05) is 43.9 Å². The van der Waals surface area contributed by atoms with Gasteiger partial charge in [0.1, 0.15) is 0 Å². The fraction of sp³-hybridized carbons (Fsp3) is 0.950. The van der Waals surface area contributed by atoms with Crippen LogP contribution in [0.3, 0.4) is 0 Å². The second kappa shape index (κ2) is 12.3. The molecular weight excluding hydrogens is 503 g/mol. The van der Waals surface area contributed by atoms with Crippen molar-refractivity contribution in [2.24, 2.45) is 4.99 Å². The Kier molecular flexibility index (Phi) is 10.9. The van der Waals surface area contributed by atoms with Gasteiger partial charge in [-0.25, -0.2) is 0 Å². The molecule has 0 aromatic heterocycles. The minimum Gasteiger partial charge on any atom is -0.355 e. The van der Waals surface area contributed by atoms with Crippen molar-refractivity contribution < 1.29 is 4.21 Å². The molecule has 1 heterocycles. The number of thioether (sulfide) groups is 1. The van der Waals surface area contributed by atoms with Gasteiger partial charge in [-0.05, 0) is 32.1 Å². The molecule has 2 N–H and O–H groups in total. The highest BCUT2D eigenvalue weighted by Gasteiger charge is 2.40. The molecule has 0 bridgehead atoms. The summed E-state index contributed by atoms with van der Waals surface area (Å²) in [4.78, 5) is 7.25. The maximum atomic E-state index is 12.2. The number of rotatable bonds is 6. The van der Waals surface area contributed by atoms with E-state index in [9.17, 15) is 4.21 Å². The van der Waals surface area contributed by atoms with E-state index < -0.39 is 10.8 Å². The van der Waals surface area contributed by atoms with Crippen molar-refractivity contribution >= 4 is 52.5 Å². The quantitative estimate of drug-likeness (QED) is 0.307. The fourth-order valence-corrected chi connectivity index (χ4v) is 7.31. The Bertz CT molecular complexity index is 522. The third-order valence-electron chi connectivity index (χ3n) is 6.65. The molecule has 1 aliphatic heterocycles. The minimum absolute atomic E-state index is 0. The first-order chi connectivity index (χ1) is 13.2. The lowest BCUT2D eigenvalue weighted by molar-refractivity contribution is 0.107. The van der Waals surface area contributed by atoms with Crippen LogP contribution in [-0.2, 0) is 10.8 Å². The molecular formula is C20H39IN4OS2. The highest BCUT2D eigenvalue weighted by Crippen LogP contribution is 2.36. The van der Waals surface area contributed by atoms with Crippen LogP contribution in [0.1, 0.15) is 58.3 Å². The lowest BCUT2D eigenvalue weighted by atomic mass is 9.94. The summed E-state index contributed by atoms with van der Waals surface area (Å²) in [5.41, 5.74) is 0.317. The van der Waals surface area contributed by atoms with Crippen LogP contribution in [0.25, 0.3) is 0 Å². The third kappa shape index (κ3) is 6.48. The summed E-state index contributed by atoms with van der Waals surface area (Å²) in [6.45, 7) is 5.49. The molecule has 0 aromatic carbocycles. The van der Waals surface area contributed by atoms with Gasteiger partial charge in [0.2, 0.25) is 0 Å². The maximum absolute atomic E-state index is 12.2. The van der Waals surface area contributed by atoms with Crippen LogP contribution in [-0.4, -0.2) is 75.8 Å². The zero-order chi connectivity index (χ0) is 19.1. The highest BCUT2D eigenvalue weighted by molar-refractivity contribution is 14.0. The molecule has 3 rings (SSSR count). The zero-order valence-electron chi connectivity index (χ0n) is 17.6. The summed E-state index contributed by atoms with van der Waals surface area (Å²) in [5, 5.41) is 7.66. The van der Waals surface area contributed by atoms with Gasteiger partial charge in [-0.15, -0.1) is 24.0 Å². The van der Waals surface area contributed by atoms with Crippen LogP contribution in [0.15, 0.2) is 4.99 Å². The Morgan fingerprint density at radius 2 is 1.93 bits per heavy atom. The highest BCUT2D eigenvalue weighted by atomic mass is 127. The van der Waals surface area contributed by atoms with Gasteiger partial charge in [0.25, 0.3) is 0 Å². The van der Waals surface area contributed by atoms with E-state index in [0.717, 1.165) is 37.5 Å². The van der Waals surface area contributed by atoms with Crippen LogP contribution in [0, 0.1) is 0 Å². The van der Waals surface area contributed by atoms with Crippen LogP contribution in [0.2, 0.25) is 0 Å². The Morgan fingerprint density at radius 1 is 1.21 bits per heavy atom. The SMILES string of the molecule is CCS(=O)C1CCCC(NC(=NC)NCC2(N3CCSCC3)CCCC2)C1.I. The number of guanidine groups is 1. The Balaban J connectivity index is 0.00000280. The average Bonchev–Trinajstić information content (AvgIpc) is 3.21. The average molecular weight is 543 g/mol. The van der Waals surface area contributed by atoms with E-state index in [1.165, 1.54) is 56.7 Å². The molecule has 0 spiro atoms. The smallest absolute Gasteiger partial charge is 0.191 e. The molecule has 0 radical (unpaired) electrons. The van der Waals surface area contributed by atoms with Gasteiger partial charge in [0.15, 0.2) is 5.96 Å². The zero-order valence-corrected chi connectivity index (χ0v) is 21.5. The van der Waals surface area contributed by atoms with Crippen molar-refractivity contribution in [1.29, 1.82) is 0 Å². The molecule has 164 valence electrons. The molecule has 3 aliphatic rings. The number of halogens is 1. The van der Waals surface area contributed by atoms with Crippen molar-refractivity contribution in [3.8, 4) is 0 Å². The van der Waals surface area contributed by atoms with Crippen molar-refractivity contribution in [1.82, 2.24) is 15.5 Å². The summed E-state index contributed by atoms with van der Waals surface area (Å²) < 4.78 is 12.2. The van der Waals surface area contributed by atoms with E-state index in [1.54, 1.807) is 0 Å². The lowest BCUT2D eigenvalue weighted by Gasteiger charge is -2.44. The van der Waals surface area contributed by atoms with Gasteiger partial charge >= 0.3 is 0 Å². The van der Waals surface area contributed by atoms with E-state index in [4.69, 9.17) is 0 Å². The number of aliphatic imine (C=N–C) groups is 1. The number of hydrogen-bond acceptors (Lipinski definition) is 4. The molecule has 28 heavy (non-hydrogen) atoms. The normalized spacial score (nSPS) is 29.7. The first kappa shape index (κ1) is 24.7. The summed E-state index contributed by atoms with van der Waals surface area (Å²) in [5.74, 6) is 4.25. The van der Waals surface area contributed by atoms with Gasteiger partial charge in [0, 0.05) is 71.6 Å². The van der Waals surface area contributed by atoms with Crippen LogP contribution in [0.5, 0.6) is 0 Å². The fourth-order valence-electron chi connectivity index (χ4n) is 5.06.